The normalized spacial score (nSPS) is 18.6. The molecule has 0 unspecified atom stereocenters. The van der Waals surface area contributed by atoms with Crippen LogP contribution in [-0.4, -0.2) is 5.91 Å². The molecule has 0 radical (unpaired) electrons. The zero-order valence-electron chi connectivity index (χ0n) is 15.1. The zero-order valence-corrected chi connectivity index (χ0v) is 19.1. The minimum atomic E-state index is -0.374. The van der Waals surface area contributed by atoms with Gasteiger partial charge in [0.1, 0.15) is 0 Å². The third kappa shape index (κ3) is 4.76. The number of amides is 1. The lowest BCUT2D eigenvalue weighted by Crippen LogP contribution is -2.46. The first-order valence-corrected chi connectivity index (χ1v) is 10.6. The van der Waals surface area contributed by atoms with Gasteiger partial charge in [0, 0.05) is 14.5 Å². The molecule has 2 aromatic rings. The van der Waals surface area contributed by atoms with E-state index < -0.39 is 0 Å². The standard InChI is InChI=1S/C11H12BrNO.C10H12BrN.ClH/c12-9-4-2-8(3-5-9)11(10(13)14)6-1-7-11;11-9-4-2-8(3-5-9)10(12)6-1-7-10;/h2-5H,1,6-7H2,(H2,13,14);2-5H,1,6-7,12H2;1H. The van der Waals surface area contributed by atoms with Gasteiger partial charge >= 0.3 is 0 Å². The highest BCUT2D eigenvalue weighted by Crippen LogP contribution is 2.43. The third-order valence-corrected chi connectivity index (χ3v) is 6.80. The molecule has 1 amide bonds. The summed E-state index contributed by atoms with van der Waals surface area (Å²) in [6, 6.07) is 16.2. The van der Waals surface area contributed by atoms with Gasteiger partial charge < -0.3 is 11.5 Å². The van der Waals surface area contributed by atoms with Crippen molar-refractivity contribution in [1.29, 1.82) is 0 Å². The quantitative estimate of drug-likeness (QED) is 0.560. The van der Waals surface area contributed by atoms with Crippen LogP contribution in [0, 0.1) is 0 Å². The number of halogens is 3. The summed E-state index contributed by atoms with van der Waals surface area (Å²) in [5.41, 5.74) is 13.6. The van der Waals surface area contributed by atoms with Crippen LogP contribution < -0.4 is 11.5 Å². The minimum Gasteiger partial charge on any atom is -0.369 e. The van der Waals surface area contributed by atoms with Crippen molar-refractivity contribution >= 4 is 50.2 Å². The van der Waals surface area contributed by atoms with Crippen LogP contribution in [0.1, 0.15) is 49.7 Å². The van der Waals surface area contributed by atoms with E-state index in [0.717, 1.165) is 46.6 Å². The van der Waals surface area contributed by atoms with E-state index in [1.165, 1.54) is 12.0 Å². The fourth-order valence-electron chi connectivity index (χ4n) is 3.60. The molecule has 27 heavy (non-hydrogen) atoms. The average Bonchev–Trinajstić information content (AvgIpc) is 2.54. The summed E-state index contributed by atoms with van der Waals surface area (Å²) in [4.78, 5) is 11.4. The van der Waals surface area contributed by atoms with Crippen molar-refractivity contribution in [3.05, 3.63) is 68.6 Å². The fourth-order valence-corrected chi connectivity index (χ4v) is 4.13. The Kier molecular flexibility index (Phi) is 7.54. The molecule has 0 bridgehead atoms. The van der Waals surface area contributed by atoms with Crippen molar-refractivity contribution in [3.63, 3.8) is 0 Å². The van der Waals surface area contributed by atoms with Gasteiger partial charge in [0.25, 0.3) is 0 Å². The first-order chi connectivity index (χ1) is 12.4. The smallest absolute Gasteiger partial charge is 0.228 e. The summed E-state index contributed by atoms with van der Waals surface area (Å²) in [7, 11) is 0. The Hall–Kier alpha value is -0.880. The molecule has 0 saturated heterocycles. The molecule has 146 valence electrons. The Bertz CT molecular complexity index is 770. The van der Waals surface area contributed by atoms with Crippen LogP contribution in [0.4, 0.5) is 0 Å². The van der Waals surface area contributed by atoms with E-state index in [9.17, 15) is 4.79 Å². The largest absolute Gasteiger partial charge is 0.369 e. The van der Waals surface area contributed by atoms with Crippen molar-refractivity contribution in [2.45, 2.75) is 49.5 Å². The molecule has 0 heterocycles. The maximum Gasteiger partial charge on any atom is 0.228 e. The summed E-state index contributed by atoms with van der Waals surface area (Å²) >= 11 is 6.78. The number of hydrogen-bond acceptors (Lipinski definition) is 2. The lowest BCUT2D eigenvalue weighted by Gasteiger charge is -2.39. The molecule has 0 aliphatic heterocycles. The van der Waals surface area contributed by atoms with Crippen molar-refractivity contribution < 1.29 is 4.79 Å². The predicted octanol–water partition coefficient (Wildman–Crippen LogP) is 5.56. The van der Waals surface area contributed by atoms with E-state index in [1.807, 2.05) is 24.3 Å². The molecular weight excluding hydrogens is 492 g/mol. The molecule has 2 aromatic carbocycles. The minimum absolute atomic E-state index is 0. The number of carbonyl (C=O) groups excluding carboxylic acids is 1. The van der Waals surface area contributed by atoms with E-state index in [2.05, 4.69) is 56.1 Å². The Morgan fingerprint density at radius 2 is 1.19 bits per heavy atom. The van der Waals surface area contributed by atoms with Crippen molar-refractivity contribution in [2.24, 2.45) is 11.5 Å². The SMILES string of the molecule is Cl.NC(=O)C1(c2ccc(Br)cc2)CCC1.NC1(c2ccc(Br)cc2)CCC1. The second-order valence-electron chi connectivity index (χ2n) is 7.32. The zero-order chi connectivity index (χ0) is 18.8. The van der Waals surface area contributed by atoms with Gasteiger partial charge in [0.05, 0.1) is 5.41 Å². The summed E-state index contributed by atoms with van der Waals surface area (Å²) in [6.07, 6.45) is 6.42. The van der Waals surface area contributed by atoms with E-state index in [1.54, 1.807) is 0 Å². The number of benzene rings is 2. The monoisotopic (exact) mass is 514 g/mol. The van der Waals surface area contributed by atoms with Gasteiger partial charge in [-0.05, 0) is 67.5 Å². The first kappa shape index (κ1) is 22.4. The molecule has 4 N–H and O–H groups in total. The number of nitrogens with two attached hydrogens (primary N) is 2. The van der Waals surface area contributed by atoms with Gasteiger partial charge in [-0.1, -0.05) is 62.5 Å². The molecule has 2 aliphatic carbocycles. The van der Waals surface area contributed by atoms with Crippen LogP contribution in [0.5, 0.6) is 0 Å². The first-order valence-electron chi connectivity index (χ1n) is 8.97. The van der Waals surface area contributed by atoms with Gasteiger partial charge in [-0.15, -0.1) is 12.4 Å². The summed E-state index contributed by atoms with van der Waals surface area (Å²) in [5, 5.41) is 0. The summed E-state index contributed by atoms with van der Waals surface area (Å²) < 4.78 is 2.15. The Morgan fingerprint density at radius 1 is 0.778 bits per heavy atom. The Labute approximate surface area is 183 Å². The third-order valence-electron chi connectivity index (χ3n) is 5.74. The number of rotatable bonds is 3. The van der Waals surface area contributed by atoms with Crippen LogP contribution in [0.3, 0.4) is 0 Å². The van der Waals surface area contributed by atoms with Crippen LogP contribution in [0.15, 0.2) is 57.5 Å². The van der Waals surface area contributed by atoms with Gasteiger partial charge in [-0.3, -0.25) is 4.79 Å². The second-order valence-corrected chi connectivity index (χ2v) is 9.15. The topological polar surface area (TPSA) is 69.1 Å². The van der Waals surface area contributed by atoms with Crippen molar-refractivity contribution in [3.8, 4) is 0 Å². The highest BCUT2D eigenvalue weighted by Gasteiger charge is 2.44. The van der Waals surface area contributed by atoms with E-state index in [4.69, 9.17) is 11.5 Å². The molecule has 6 heteroatoms. The molecule has 0 spiro atoms. The highest BCUT2D eigenvalue weighted by atomic mass is 79.9. The molecule has 2 aliphatic rings. The molecule has 4 rings (SSSR count). The molecular formula is C21H25Br2ClN2O. The van der Waals surface area contributed by atoms with Gasteiger partial charge in [-0.25, -0.2) is 0 Å². The average molecular weight is 517 g/mol. The molecule has 3 nitrogen and oxygen atoms in total. The Balaban J connectivity index is 0.000000189. The number of hydrogen-bond donors (Lipinski definition) is 2. The lowest BCUT2D eigenvalue weighted by atomic mass is 9.64. The van der Waals surface area contributed by atoms with Crippen LogP contribution >= 0.6 is 44.3 Å². The second kappa shape index (κ2) is 9.08. The maximum absolute atomic E-state index is 11.4. The van der Waals surface area contributed by atoms with Crippen LogP contribution in [0.25, 0.3) is 0 Å². The van der Waals surface area contributed by atoms with E-state index in [0.29, 0.717) is 0 Å². The maximum atomic E-state index is 11.4. The van der Waals surface area contributed by atoms with Gasteiger partial charge in [-0.2, -0.15) is 0 Å². The lowest BCUT2D eigenvalue weighted by molar-refractivity contribution is -0.126. The van der Waals surface area contributed by atoms with E-state index in [-0.39, 0.29) is 29.3 Å². The van der Waals surface area contributed by atoms with Gasteiger partial charge in [0.2, 0.25) is 5.91 Å². The van der Waals surface area contributed by atoms with Crippen molar-refractivity contribution in [1.82, 2.24) is 0 Å². The summed E-state index contributed by atoms with van der Waals surface area (Å²) in [5.74, 6) is -0.189. The number of primary amides is 1. The van der Waals surface area contributed by atoms with Crippen LogP contribution in [-0.2, 0) is 15.7 Å². The molecule has 2 fully saturated rings. The molecule has 0 atom stereocenters. The van der Waals surface area contributed by atoms with E-state index >= 15 is 0 Å². The van der Waals surface area contributed by atoms with Crippen molar-refractivity contribution in [2.75, 3.05) is 0 Å². The molecule has 0 aromatic heterocycles. The number of carbonyl (C=O) groups is 1. The molecule has 2 saturated carbocycles. The summed E-state index contributed by atoms with van der Waals surface area (Å²) in [6.45, 7) is 0. The van der Waals surface area contributed by atoms with Gasteiger partial charge in [0.15, 0.2) is 0 Å². The Morgan fingerprint density at radius 3 is 1.48 bits per heavy atom. The van der Waals surface area contributed by atoms with Crippen LogP contribution in [0.2, 0.25) is 0 Å². The highest BCUT2D eigenvalue weighted by molar-refractivity contribution is 9.10. The fraction of sp³-hybridized carbons (Fsp3) is 0.381. The predicted molar refractivity (Wildman–Crippen MR) is 120 cm³/mol.